The Bertz CT molecular complexity index is 428. The summed E-state index contributed by atoms with van der Waals surface area (Å²) < 4.78 is 11.3. The number of rotatable bonds is 2. The second kappa shape index (κ2) is 3.95. The molecule has 1 aromatic heterocycles. The molecular formula is C9H7IN2O2. The van der Waals surface area contributed by atoms with Crippen molar-refractivity contribution < 1.29 is 9.15 Å². The molecule has 0 fully saturated rings. The van der Waals surface area contributed by atoms with E-state index in [0.29, 0.717) is 5.89 Å². The van der Waals surface area contributed by atoms with E-state index in [2.05, 4.69) is 32.8 Å². The molecule has 0 spiro atoms. The lowest BCUT2D eigenvalue weighted by Gasteiger charge is -2.03. The van der Waals surface area contributed by atoms with E-state index >= 15 is 0 Å². The van der Waals surface area contributed by atoms with Crippen LogP contribution in [0.25, 0.3) is 11.5 Å². The van der Waals surface area contributed by atoms with Crippen molar-refractivity contribution in [3.05, 3.63) is 28.2 Å². The first-order chi connectivity index (χ1) is 6.81. The van der Waals surface area contributed by atoms with Crippen molar-refractivity contribution in [3.8, 4) is 17.2 Å². The van der Waals surface area contributed by atoms with Crippen LogP contribution in [0.2, 0.25) is 0 Å². The molecule has 0 aliphatic heterocycles. The Morgan fingerprint density at radius 3 is 2.93 bits per heavy atom. The summed E-state index contributed by atoms with van der Waals surface area (Å²) in [6.07, 6.45) is 1.31. The number of benzene rings is 1. The number of nitrogens with zero attached hydrogens (tertiary/aromatic N) is 2. The summed E-state index contributed by atoms with van der Waals surface area (Å²) in [4.78, 5) is 0. The van der Waals surface area contributed by atoms with Gasteiger partial charge in [0.25, 0.3) is 0 Å². The molecule has 2 aromatic rings. The molecular weight excluding hydrogens is 295 g/mol. The first-order valence-electron chi connectivity index (χ1n) is 3.91. The highest BCUT2D eigenvalue weighted by Gasteiger charge is 2.06. The monoisotopic (exact) mass is 302 g/mol. The Kier molecular flexibility index (Phi) is 2.67. The smallest absolute Gasteiger partial charge is 0.247 e. The maximum absolute atomic E-state index is 5.19. The van der Waals surface area contributed by atoms with Gasteiger partial charge in [0.2, 0.25) is 12.3 Å². The van der Waals surface area contributed by atoms with E-state index < -0.39 is 0 Å². The minimum Gasteiger partial charge on any atom is -0.496 e. The number of hydrogen-bond donors (Lipinski definition) is 0. The zero-order valence-electron chi connectivity index (χ0n) is 7.40. The van der Waals surface area contributed by atoms with Crippen LogP contribution in [0.15, 0.2) is 29.0 Å². The van der Waals surface area contributed by atoms with Crippen molar-refractivity contribution in [2.24, 2.45) is 0 Å². The summed E-state index contributed by atoms with van der Waals surface area (Å²) in [5, 5.41) is 7.43. The third kappa shape index (κ3) is 1.72. The first-order valence-corrected chi connectivity index (χ1v) is 4.99. The molecule has 2 rings (SSSR count). The molecule has 0 saturated heterocycles. The fourth-order valence-electron chi connectivity index (χ4n) is 1.09. The summed E-state index contributed by atoms with van der Waals surface area (Å²) in [6, 6.07) is 5.73. The van der Waals surface area contributed by atoms with Gasteiger partial charge in [0, 0.05) is 5.56 Å². The number of halogens is 1. The van der Waals surface area contributed by atoms with E-state index in [1.807, 2.05) is 18.2 Å². The quantitative estimate of drug-likeness (QED) is 0.799. The molecule has 0 N–H and O–H groups in total. The lowest BCUT2D eigenvalue weighted by atomic mass is 10.2. The summed E-state index contributed by atoms with van der Waals surface area (Å²) in [5.74, 6) is 1.31. The van der Waals surface area contributed by atoms with E-state index in [1.54, 1.807) is 7.11 Å². The van der Waals surface area contributed by atoms with Gasteiger partial charge in [-0.2, -0.15) is 0 Å². The molecule has 14 heavy (non-hydrogen) atoms. The second-order valence-electron chi connectivity index (χ2n) is 2.59. The zero-order chi connectivity index (χ0) is 9.97. The highest BCUT2D eigenvalue weighted by atomic mass is 127. The number of ether oxygens (including phenoxy) is 1. The van der Waals surface area contributed by atoms with Crippen molar-refractivity contribution in [1.29, 1.82) is 0 Å². The van der Waals surface area contributed by atoms with Gasteiger partial charge in [0.05, 0.1) is 10.7 Å². The summed E-state index contributed by atoms with van der Waals surface area (Å²) in [6.45, 7) is 0. The maximum Gasteiger partial charge on any atom is 0.247 e. The van der Waals surface area contributed by atoms with Crippen molar-refractivity contribution in [2.75, 3.05) is 7.11 Å². The summed E-state index contributed by atoms with van der Waals surface area (Å²) >= 11 is 2.20. The van der Waals surface area contributed by atoms with Crippen molar-refractivity contribution in [3.63, 3.8) is 0 Å². The highest BCUT2D eigenvalue weighted by molar-refractivity contribution is 14.1. The van der Waals surface area contributed by atoms with Gasteiger partial charge in [-0.3, -0.25) is 0 Å². The fourth-order valence-corrected chi connectivity index (χ4v) is 1.65. The molecule has 72 valence electrons. The minimum absolute atomic E-state index is 0.500. The van der Waals surface area contributed by atoms with E-state index in [1.165, 1.54) is 6.39 Å². The van der Waals surface area contributed by atoms with Crippen LogP contribution in [0, 0.1) is 3.57 Å². The van der Waals surface area contributed by atoms with Gasteiger partial charge >= 0.3 is 0 Å². The van der Waals surface area contributed by atoms with Crippen LogP contribution in [0.1, 0.15) is 0 Å². The van der Waals surface area contributed by atoms with Crippen LogP contribution in [0.4, 0.5) is 0 Å². The molecule has 0 amide bonds. The molecule has 0 aliphatic carbocycles. The molecule has 5 heteroatoms. The van der Waals surface area contributed by atoms with Gasteiger partial charge in [-0.05, 0) is 40.8 Å². The van der Waals surface area contributed by atoms with Crippen LogP contribution < -0.4 is 4.74 Å². The van der Waals surface area contributed by atoms with E-state index in [4.69, 9.17) is 9.15 Å². The Labute approximate surface area is 94.4 Å². The van der Waals surface area contributed by atoms with Crippen molar-refractivity contribution >= 4 is 22.6 Å². The van der Waals surface area contributed by atoms with Gasteiger partial charge < -0.3 is 9.15 Å². The standard InChI is InChI=1S/C9H7IN2O2/c1-13-8-4-6(2-3-7(8)10)9-12-11-5-14-9/h2-5H,1H3. The average Bonchev–Trinajstić information content (AvgIpc) is 2.71. The Balaban J connectivity index is 2.46. The lowest BCUT2D eigenvalue weighted by molar-refractivity contribution is 0.412. The maximum atomic E-state index is 5.19. The molecule has 0 radical (unpaired) electrons. The molecule has 0 saturated carbocycles. The second-order valence-corrected chi connectivity index (χ2v) is 3.76. The molecule has 0 unspecified atom stereocenters. The van der Waals surface area contributed by atoms with Gasteiger partial charge in [0.1, 0.15) is 5.75 Å². The van der Waals surface area contributed by atoms with Crippen LogP contribution >= 0.6 is 22.6 Å². The van der Waals surface area contributed by atoms with Crippen LogP contribution in [0.5, 0.6) is 5.75 Å². The topological polar surface area (TPSA) is 48.2 Å². The molecule has 0 atom stereocenters. The molecule has 1 heterocycles. The van der Waals surface area contributed by atoms with Gasteiger partial charge in [-0.1, -0.05) is 0 Å². The predicted molar refractivity (Wildman–Crippen MR) is 59.0 cm³/mol. The fraction of sp³-hybridized carbons (Fsp3) is 0.111. The van der Waals surface area contributed by atoms with Crippen molar-refractivity contribution in [1.82, 2.24) is 10.2 Å². The van der Waals surface area contributed by atoms with Gasteiger partial charge in [-0.25, -0.2) is 0 Å². The predicted octanol–water partition coefficient (Wildman–Crippen LogP) is 2.35. The normalized spacial score (nSPS) is 10.1. The van der Waals surface area contributed by atoms with Crippen LogP contribution in [0.3, 0.4) is 0 Å². The van der Waals surface area contributed by atoms with Crippen molar-refractivity contribution in [2.45, 2.75) is 0 Å². The third-order valence-electron chi connectivity index (χ3n) is 1.76. The zero-order valence-corrected chi connectivity index (χ0v) is 9.56. The third-order valence-corrected chi connectivity index (χ3v) is 2.65. The molecule has 0 bridgehead atoms. The molecule has 4 nitrogen and oxygen atoms in total. The Morgan fingerprint density at radius 2 is 2.29 bits per heavy atom. The Hall–Kier alpha value is -1.11. The lowest BCUT2D eigenvalue weighted by Crippen LogP contribution is -1.87. The number of hydrogen-bond acceptors (Lipinski definition) is 4. The van der Waals surface area contributed by atoms with E-state index in [0.717, 1.165) is 14.9 Å². The number of methoxy groups -OCH3 is 1. The van der Waals surface area contributed by atoms with E-state index in [-0.39, 0.29) is 0 Å². The first kappa shape index (κ1) is 9.45. The number of aromatic nitrogens is 2. The molecule has 1 aromatic carbocycles. The Morgan fingerprint density at radius 1 is 1.43 bits per heavy atom. The van der Waals surface area contributed by atoms with Gasteiger partial charge in [-0.15, -0.1) is 10.2 Å². The summed E-state index contributed by atoms with van der Waals surface area (Å²) in [7, 11) is 1.63. The average molecular weight is 302 g/mol. The van der Waals surface area contributed by atoms with E-state index in [9.17, 15) is 0 Å². The van der Waals surface area contributed by atoms with Crippen LogP contribution in [-0.2, 0) is 0 Å². The SMILES string of the molecule is COc1cc(-c2nnco2)ccc1I. The minimum atomic E-state index is 0.500. The largest absolute Gasteiger partial charge is 0.496 e. The van der Waals surface area contributed by atoms with Gasteiger partial charge in [0.15, 0.2) is 0 Å². The van der Waals surface area contributed by atoms with Crippen LogP contribution in [-0.4, -0.2) is 17.3 Å². The highest BCUT2D eigenvalue weighted by Crippen LogP contribution is 2.26. The summed E-state index contributed by atoms with van der Waals surface area (Å²) in [5.41, 5.74) is 0.861. The molecule has 0 aliphatic rings.